The van der Waals surface area contributed by atoms with Crippen molar-refractivity contribution in [3.63, 3.8) is 0 Å². The minimum atomic E-state index is -4.84. The maximum absolute atomic E-state index is 14.6. The molecule has 0 saturated carbocycles. The smallest absolute Gasteiger partial charge is 0.424 e. The van der Waals surface area contributed by atoms with Gasteiger partial charge in [0.15, 0.2) is 0 Å². The number of nitrogens with zero attached hydrogens (tertiary/aromatic N) is 2. The number of amidine groups is 1. The van der Waals surface area contributed by atoms with Crippen LogP contribution in [0.3, 0.4) is 0 Å². The molecule has 2 unspecified atom stereocenters. The predicted molar refractivity (Wildman–Crippen MR) is 109 cm³/mol. The van der Waals surface area contributed by atoms with Gasteiger partial charge in [0.1, 0.15) is 28.6 Å². The van der Waals surface area contributed by atoms with Crippen LogP contribution in [0.2, 0.25) is 0 Å². The van der Waals surface area contributed by atoms with Crippen LogP contribution >= 0.6 is 0 Å². The highest BCUT2D eigenvalue weighted by molar-refractivity contribution is 6.04. The molecule has 0 bridgehead atoms. The Kier molecular flexibility index (Phi) is 6.53. The number of nitrogens with one attached hydrogen (secondary N) is 1. The number of anilines is 1. The van der Waals surface area contributed by atoms with Gasteiger partial charge in [-0.15, -0.1) is 0 Å². The van der Waals surface area contributed by atoms with Gasteiger partial charge in [-0.3, -0.25) is 9.79 Å². The van der Waals surface area contributed by atoms with Crippen molar-refractivity contribution in [2.24, 2.45) is 10.7 Å². The summed E-state index contributed by atoms with van der Waals surface area (Å²) in [7, 11) is 0. The van der Waals surface area contributed by atoms with Crippen molar-refractivity contribution < 1.29 is 40.6 Å². The summed E-state index contributed by atoms with van der Waals surface area (Å²) in [5.74, 6) is -2.65. The van der Waals surface area contributed by atoms with E-state index in [4.69, 9.17) is 10.5 Å². The number of carbonyl (C=O) groups is 1. The van der Waals surface area contributed by atoms with Crippen LogP contribution in [0.25, 0.3) is 0 Å². The Hall–Kier alpha value is -3.35. The fourth-order valence-corrected chi connectivity index (χ4v) is 3.29. The molecule has 13 heteroatoms. The van der Waals surface area contributed by atoms with Crippen LogP contribution in [0.15, 0.2) is 35.5 Å². The number of carbonyl (C=O) groups excluding carboxylic acids is 1. The summed E-state index contributed by atoms with van der Waals surface area (Å²) in [5, 5.41) is 2.48. The third kappa shape index (κ3) is 4.79. The number of aliphatic imine (C=N–C) groups is 1. The summed E-state index contributed by atoms with van der Waals surface area (Å²) in [5.41, 5.74) is 1.17. The van der Waals surface area contributed by atoms with Gasteiger partial charge >= 0.3 is 12.8 Å². The molecule has 0 fully saturated rings. The Labute approximate surface area is 190 Å². The molecule has 3 N–H and O–H groups in total. The fourth-order valence-electron chi connectivity index (χ4n) is 3.29. The first-order valence-electron chi connectivity index (χ1n) is 9.75. The van der Waals surface area contributed by atoms with Crippen molar-refractivity contribution in [2.45, 2.75) is 44.7 Å². The molecule has 2 aromatic rings. The van der Waals surface area contributed by atoms with Crippen LogP contribution in [0.4, 0.5) is 32.0 Å². The largest absolute Gasteiger partial charge is 0.433 e. The summed E-state index contributed by atoms with van der Waals surface area (Å²) in [4.78, 5) is 20.3. The highest BCUT2D eigenvalue weighted by atomic mass is 19.4. The third-order valence-corrected chi connectivity index (χ3v) is 5.34. The number of amides is 1. The number of hydrogen-bond donors (Lipinski definition) is 2. The van der Waals surface area contributed by atoms with E-state index in [-0.39, 0.29) is 28.3 Å². The number of aromatic nitrogens is 1. The van der Waals surface area contributed by atoms with Gasteiger partial charge in [0.05, 0.1) is 12.8 Å². The second-order valence-corrected chi connectivity index (χ2v) is 7.95. The number of alkyl halides is 5. The first-order valence-corrected chi connectivity index (χ1v) is 9.75. The Morgan fingerprint density at radius 2 is 1.94 bits per heavy atom. The van der Waals surface area contributed by atoms with Gasteiger partial charge in [-0.25, -0.2) is 9.37 Å². The number of nitrogens with two attached hydrogens (primary N) is 1. The Morgan fingerprint density at radius 3 is 2.50 bits per heavy atom. The average molecular weight is 490 g/mol. The van der Waals surface area contributed by atoms with Crippen molar-refractivity contribution in [1.29, 1.82) is 0 Å². The molecule has 0 spiro atoms. The molecule has 2 heterocycles. The zero-order chi connectivity index (χ0) is 25.5. The topological polar surface area (TPSA) is 98.8 Å². The van der Waals surface area contributed by atoms with Gasteiger partial charge in [0, 0.05) is 11.3 Å². The van der Waals surface area contributed by atoms with E-state index in [2.05, 4.69) is 20.0 Å². The molecule has 0 aliphatic carbocycles. The van der Waals surface area contributed by atoms with Gasteiger partial charge in [-0.2, -0.15) is 22.0 Å². The number of halogens is 6. The van der Waals surface area contributed by atoms with E-state index >= 15 is 0 Å². The van der Waals surface area contributed by atoms with Crippen LogP contribution in [-0.4, -0.2) is 41.7 Å². The summed E-state index contributed by atoms with van der Waals surface area (Å²) in [6, 6.07) is 4.60. The molecule has 184 valence electrons. The zero-order valence-electron chi connectivity index (χ0n) is 18.1. The lowest BCUT2D eigenvalue weighted by Gasteiger charge is -2.41. The molecule has 34 heavy (non-hydrogen) atoms. The minimum absolute atomic E-state index is 0.0784. The molecular formula is C21H20F6N4O3. The highest BCUT2D eigenvalue weighted by Crippen LogP contribution is 2.41. The summed E-state index contributed by atoms with van der Waals surface area (Å²) in [6.07, 6.45) is -3.89. The summed E-state index contributed by atoms with van der Waals surface area (Å²) in [6.45, 7) is -0.177. The molecule has 3 rings (SSSR count). The number of benzene rings is 1. The normalized spacial score (nSPS) is 22.9. The lowest BCUT2D eigenvalue weighted by atomic mass is 9.89. The van der Waals surface area contributed by atoms with Crippen molar-refractivity contribution in [3.8, 4) is 5.75 Å². The van der Waals surface area contributed by atoms with Gasteiger partial charge < -0.3 is 20.5 Å². The van der Waals surface area contributed by atoms with Gasteiger partial charge in [-0.05, 0) is 50.6 Å². The summed E-state index contributed by atoms with van der Waals surface area (Å²) < 4.78 is 88.6. The maximum Gasteiger partial charge on any atom is 0.424 e. The van der Waals surface area contributed by atoms with Gasteiger partial charge in [0.2, 0.25) is 5.60 Å². The SMILES string of the molecule is Cc1cc(OC(F)F)cnc1C(=O)Nc1ccc(F)c(C2(C)COC(C)(C(F)(F)F)C(N)=N2)c1. The summed E-state index contributed by atoms with van der Waals surface area (Å²) >= 11 is 0. The second kappa shape index (κ2) is 8.78. The number of ether oxygens (including phenoxy) is 2. The van der Waals surface area contributed by atoms with Crippen molar-refractivity contribution in [2.75, 3.05) is 11.9 Å². The van der Waals surface area contributed by atoms with Crippen LogP contribution < -0.4 is 15.8 Å². The van der Waals surface area contributed by atoms with Crippen molar-refractivity contribution >= 4 is 17.4 Å². The minimum Gasteiger partial charge on any atom is -0.433 e. The number of rotatable bonds is 5. The Morgan fingerprint density at radius 1 is 1.26 bits per heavy atom. The molecule has 1 aromatic carbocycles. The maximum atomic E-state index is 14.6. The molecule has 0 radical (unpaired) electrons. The molecule has 2 atom stereocenters. The first-order chi connectivity index (χ1) is 15.7. The lowest BCUT2D eigenvalue weighted by Crippen LogP contribution is -2.60. The molecule has 1 amide bonds. The molecule has 0 saturated heterocycles. The van der Waals surface area contributed by atoms with Gasteiger partial charge in [0.25, 0.3) is 5.91 Å². The number of hydrogen-bond acceptors (Lipinski definition) is 6. The van der Waals surface area contributed by atoms with Crippen LogP contribution in [0.1, 0.15) is 35.5 Å². The molecule has 1 aliphatic heterocycles. The van der Waals surface area contributed by atoms with Crippen LogP contribution in [0.5, 0.6) is 5.75 Å². The van der Waals surface area contributed by atoms with E-state index in [1.807, 2.05) is 0 Å². The first kappa shape index (κ1) is 25.3. The monoisotopic (exact) mass is 490 g/mol. The van der Waals surface area contributed by atoms with E-state index < -0.39 is 48.1 Å². The zero-order valence-corrected chi connectivity index (χ0v) is 18.1. The van der Waals surface area contributed by atoms with E-state index in [0.29, 0.717) is 0 Å². The second-order valence-electron chi connectivity index (χ2n) is 7.95. The lowest BCUT2D eigenvalue weighted by molar-refractivity contribution is -0.249. The van der Waals surface area contributed by atoms with Crippen molar-refractivity contribution in [3.05, 3.63) is 53.1 Å². The standard InChI is InChI=1S/C21H20F6N4O3/c1-10-6-12(34-18(23)24)8-29-15(10)16(32)30-11-4-5-14(22)13(7-11)19(2)9-33-20(3,17(28)31-19)21(25,26)27/h4-8,18H,9H2,1-3H3,(H2,28,31)(H,30,32). The number of pyridine rings is 1. The highest BCUT2D eigenvalue weighted by Gasteiger charge is 2.59. The van der Waals surface area contributed by atoms with Crippen molar-refractivity contribution in [1.82, 2.24) is 4.98 Å². The molecule has 7 nitrogen and oxygen atoms in total. The fraction of sp³-hybridized carbons (Fsp3) is 0.381. The predicted octanol–water partition coefficient (Wildman–Crippen LogP) is 4.31. The van der Waals surface area contributed by atoms with E-state index in [9.17, 15) is 31.1 Å². The van der Waals surface area contributed by atoms with E-state index in [1.54, 1.807) is 0 Å². The quantitative estimate of drug-likeness (QED) is 0.609. The molecule has 1 aliphatic rings. The van der Waals surface area contributed by atoms with Crippen LogP contribution in [0, 0.1) is 12.7 Å². The number of aryl methyl sites for hydroxylation is 1. The Balaban J connectivity index is 1.88. The third-order valence-electron chi connectivity index (χ3n) is 5.34. The molecule has 1 aromatic heterocycles. The van der Waals surface area contributed by atoms with Gasteiger partial charge in [-0.1, -0.05) is 0 Å². The average Bonchev–Trinajstić information content (AvgIpc) is 2.71. The van der Waals surface area contributed by atoms with E-state index in [1.165, 1.54) is 32.0 Å². The van der Waals surface area contributed by atoms with Crippen LogP contribution in [-0.2, 0) is 10.3 Å². The molecular weight excluding hydrogens is 470 g/mol. The Bertz CT molecular complexity index is 1140. The van der Waals surface area contributed by atoms with E-state index in [0.717, 1.165) is 19.2 Å².